The van der Waals surface area contributed by atoms with Crippen LogP contribution in [0.1, 0.15) is 168 Å². The van der Waals surface area contributed by atoms with Gasteiger partial charge in [-0.05, 0) is 77.0 Å². The number of phosphoric acid groups is 1. The van der Waals surface area contributed by atoms with Crippen molar-refractivity contribution in [1.82, 2.24) is 0 Å². The molecular formula is C44H76NO10P. The first-order chi connectivity index (χ1) is 27.1. The monoisotopic (exact) mass is 810 g/mol. The van der Waals surface area contributed by atoms with E-state index in [1.165, 1.54) is 57.8 Å². The minimum absolute atomic E-state index is 0.118. The zero-order valence-corrected chi connectivity index (χ0v) is 35.6. The summed E-state index contributed by atoms with van der Waals surface area (Å²) in [5.41, 5.74) is 5.33. The van der Waals surface area contributed by atoms with Crippen molar-refractivity contribution >= 4 is 25.7 Å². The molecule has 322 valence electrons. The first-order valence-electron chi connectivity index (χ1n) is 21.3. The minimum atomic E-state index is -4.73. The summed E-state index contributed by atoms with van der Waals surface area (Å²) >= 11 is 0. The number of carboxylic acids is 1. The van der Waals surface area contributed by atoms with Crippen molar-refractivity contribution in [2.24, 2.45) is 5.73 Å². The highest BCUT2D eigenvalue weighted by molar-refractivity contribution is 7.47. The van der Waals surface area contributed by atoms with Crippen LogP contribution >= 0.6 is 7.82 Å². The number of nitrogens with two attached hydrogens (primary N) is 1. The Bertz CT molecular complexity index is 1180. The Labute approximate surface area is 338 Å². The van der Waals surface area contributed by atoms with Crippen LogP contribution in [0.25, 0.3) is 0 Å². The second kappa shape index (κ2) is 39.0. The Kier molecular flexibility index (Phi) is 37.1. The predicted molar refractivity (Wildman–Crippen MR) is 226 cm³/mol. The zero-order chi connectivity index (χ0) is 41.4. The third-order valence-corrected chi connectivity index (χ3v) is 9.67. The Morgan fingerprint density at radius 1 is 0.554 bits per heavy atom. The lowest BCUT2D eigenvalue weighted by Gasteiger charge is -2.20. The number of esters is 2. The van der Waals surface area contributed by atoms with Gasteiger partial charge in [0.25, 0.3) is 0 Å². The third-order valence-electron chi connectivity index (χ3n) is 8.72. The molecule has 3 atom stereocenters. The number of aliphatic carboxylic acids is 1. The van der Waals surface area contributed by atoms with Crippen LogP contribution in [0.3, 0.4) is 0 Å². The van der Waals surface area contributed by atoms with E-state index in [1.807, 2.05) is 0 Å². The summed E-state index contributed by atoms with van der Waals surface area (Å²) in [5.74, 6) is -2.44. The number of carbonyl (C=O) groups excluding carboxylic acids is 2. The molecule has 0 aromatic rings. The van der Waals surface area contributed by atoms with Gasteiger partial charge in [-0.1, -0.05) is 139 Å². The molecule has 0 aromatic carbocycles. The number of carbonyl (C=O) groups is 3. The molecule has 56 heavy (non-hydrogen) atoms. The van der Waals surface area contributed by atoms with E-state index in [9.17, 15) is 23.8 Å². The fourth-order valence-corrected chi connectivity index (χ4v) is 6.12. The smallest absolute Gasteiger partial charge is 0.472 e. The summed E-state index contributed by atoms with van der Waals surface area (Å²) in [4.78, 5) is 45.9. The molecule has 0 aromatic heterocycles. The largest absolute Gasteiger partial charge is 0.480 e. The summed E-state index contributed by atoms with van der Waals surface area (Å²) < 4.78 is 32.6. The molecule has 0 spiro atoms. The Hall–Kier alpha value is -2.82. The molecule has 0 fully saturated rings. The second-order valence-corrected chi connectivity index (χ2v) is 15.6. The molecule has 0 radical (unpaired) electrons. The van der Waals surface area contributed by atoms with Crippen molar-refractivity contribution in [3.05, 3.63) is 60.8 Å². The Balaban J connectivity index is 4.48. The average molecular weight is 810 g/mol. The molecule has 0 aliphatic rings. The molecule has 0 saturated heterocycles. The van der Waals surface area contributed by atoms with E-state index >= 15 is 0 Å². The van der Waals surface area contributed by atoms with Gasteiger partial charge in [0.1, 0.15) is 12.6 Å². The van der Waals surface area contributed by atoms with Crippen LogP contribution < -0.4 is 5.73 Å². The molecule has 11 nitrogen and oxygen atoms in total. The maximum absolute atomic E-state index is 12.6. The molecule has 0 rings (SSSR count). The van der Waals surface area contributed by atoms with Crippen molar-refractivity contribution in [2.45, 2.75) is 180 Å². The molecule has 4 N–H and O–H groups in total. The number of hydrogen-bond donors (Lipinski definition) is 3. The van der Waals surface area contributed by atoms with Crippen LogP contribution in [0.5, 0.6) is 0 Å². The highest BCUT2D eigenvalue weighted by Crippen LogP contribution is 2.43. The van der Waals surface area contributed by atoms with Crippen molar-refractivity contribution in [2.75, 3.05) is 19.8 Å². The van der Waals surface area contributed by atoms with E-state index in [4.69, 9.17) is 24.8 Å². The summed E-state index contributed by atoms with van der Waals surface area (Å²) in [6, 6.07) is -1.53. The first kappa shape index (κ1) is 53.2. The molecule has 0 heterocycles. The van der Waals surface area contributed by atoms with E-state index in [-0.39, 0.29) is 19.4 Å². The maximum atomic E-state index is 12.6. The standard InChI is InChI=1S/C44H76NO10P/c1-3-5-7-9-11-13-15-17-19-20-22-24-26-28-30-32-34-36-43(47)55-40(38-53-56(50,51)54-39-41(45)44(48)49)37-52-42(46)35-33-31-29-27-25-23-21-18-16-14-12-10-8-6-4-2/h7,9,13,15,19-20,23-26,40-41H,3-6,8,10-12,14,16-18,21-22,27-39,45H2,1-2H3,(H,48,49)(H,50,51)/b9-7+,15-13+,20-19+,25-23+,26-24+/t40-,41+/m1/s1. The number of phosphoric ester groups is 1. The average Bonchev–Trinajstić information content (AvgIpc) is 3.17. The predicted octanol–water partition coefficient (Wildman–Crippen LogP) is 11.2. The number of carboxylic acid groups (broad SMARTS) is 1. The van der Waals surface area contributed by atoms with Crippen LogP contribution in [-0.2, 0) is 37.5 Å². The van der Waals surface area contributed by atoms with Gasteiger partial charge in [0.2, 0.25) is 0 Å². The van der Waals surface area contributed by atoms with Gasteiger partial charge < -0.3 is 25.2 Å². The Morgan fingerprint density at radius 3 is 1.50 bits per heavy atom. The number of allylic oxidation sites excluding steroid dienone is 10. The van der Waals surface area contributed by atoms with Gasteiger partial charge in [0, 0.05) is 12.8 Å². The van der Waals surface area contributed by atoms with E-state index in [0.29, 0.717) is 12.8 Å². The second-order valence-electron chi connectivity index (χ2n) is 14.1. The van der Waals surface area contributed by atoms with Crippen LogP contribution in [0, 0.1) is 0 Å². The molecule has 0 amide bonds. The van der Waals surface area contributed by atoms with E-state index in [2.05, 4.69) is 79.1 Å². The fourth-order valence-electron chi connectivity index (χ4n) is 5.34. The zero-order valence-electron chi connectivity index (χ0n) is 34.7. The fraction of sp³-hybridized carbons (Fsp3) is 0.705. The van der Waals surface area contributed by atoms with Crippen molar-refractivity contribution < 1.29 is 47.5 Å². The molecule has 0 aliphatic heterocycles. The normalized spacial score (nSPS) is 14.4. The van der Waals surface area contributed by atoms with Crippen molar-refractivity contribution in [3.63, 3.8) is 0 Å². The summed E-state index contributed by atoms with van der Waals surface area (Å²) in [6.07, 6.45) is 44.3. The van der Waals surface area contributed by atoms with Gasteiger partial charge in [-0.3, -0.25) is 23.4 Å². The van der Waals surface area contributed by atoms with Gasteiger partial charge in [-0.25, -0.2) is 4.57 Å². The molecule has 0 aliphatic carbocycles. The lowest BCUT2D eigenvalue weighted by Crippen LogP contribution is -2.34. The van der Waals surface area contributed by atoms with E-state index < -0.39 is 51.1 Å². The van der Waals surface area contributed by atoms with Gasteiger partial charge in [-0.2, -0.15) is 0 Å². The van der Waals surface area contributed by atoms with Gasteiger partial charge >= 0.3 is 25.7 Å². The SMILES string of the molecule is CCC/C=C/C/C=C/C/C=C/C/C=C/CCCCCC(=O)O[C@H](COC(=O)CCCCC/C=C/CCCCCCCCCC)COP(=O)(O)OC[C@H](N)C(=O)O. The topological polar surface area (TPSA) is 172 Å². The maximum Gasteiger partial charge on any atom is 0.472 e. The molecule has 12 heteroatoms. The highest BCUT2D eigenvalue weighted by atomic mass is 31.2. The lowest BCUT2D eigenvalue weighted by atomic mass is 10.1. The van der Waals surface area contributed by atoms with Crippen LogP contribution in [0.4, 0.5) is 0 Å². The molecule has 1 unspecified atom stereocenters. The Morgan fingerprint density at radius 2 is 0.982 bits per heavy atom. The van der Waals surface area contributed by atoms with E-state index in [1.54, 1.807) is 0 Å². The van der Waals surface area contributed by atoms with E-state index in [0.717, 1.165) is 70.6 Å². The van der Waals surface area contributed by atoms with Gasteiger partial charge in [-0.15, -0.1) is 0 Å². The van der Waals surface area contributed by atoms with Crippen LogP contribution in [0.15, 0.2) is 60.8 Å². The lowest BCUT2D eigenvalue weighted by molar-refractivity contribution is -0.161. The van der Waals surface area contributed by atoms with Crippen LogP contribution in [0.2, 0.25) is 0 Å². The van der Waals surface area contributed by atoms with Crippen molar-refractivity contribution in [1.29, 1.82) is 0 Å². The van der Waals surface area contributed by atoms with Gasteiger partial charge in [0.15, 0.2) is 6.10 Å². The number of unbranched alkanes of at least 4 members (excludes halogenated alkanes) is 15. The van der Waals surface area contributed by atoms with Crippen LogP contribution in [-0.4, -0.2) is 59.9 Å². The highest BCUT2D eigenvalue weighted by Gasteiger charge is 2.28. The van der Waals surface area contributed by atoms with Gasteiger partial charge in [0.05, 0.1) is 13.2 Å². The summed E-state index contributed by atoms with van der Waals surface area (Å²) in [6.45, 7) is 2.67. The summed E-state index contributed by atoms with van der Waals surface area (Å²) in [5, 5.41) is 8.88. The third kappa shape index (κ3) is 38.1. The number of ether oxygens (including phenoxy) is 2. The van der Waals surface area contributed by atoms with Crippen molar-refractivity contribution in [3.8, 4) is 0 Å². The quantitative estimate of drug-likeness (QED) is 0.0233. The number of rotatable bonds is 39. The number of hydrogen-bond acceptors (Lipinski definition) is 9. The minimum Gasteiger partial charge on any atom is -0.480 e. The molecule has 0 bridgehead atoms. The molecule has 0 saturated carbocycles. The summed E-state index contributed by atoms with van der Waals surface area (Å²) in [7, 11) is -4.73. The first-order valence-corrected chi connectivity index (χ1v) is 22.8. The molecular weight excluding hydrogens is 733 g/mol.